The number of hydrogen-bond acceptors (Lipinski definition) is 7. The van der Waals surface area contributed by atoms with Gasteiger partial charge >= 0.3 is 0 Å². The van der Waals surface area contributed by atoms with Gasteiger partial charge in [-0.3, -0.25) is 19.4 Å². The van der Waals surface area contributed by atoms with Gasteiger partial charge in [0.25, 0.3) is 11.8 Å². The summed E-state index contributed by atoms with van der Waals surface area (Å²) in [6.07, 6.45) is 0. The first-order valence-electron chi connectivity index (χ1n) is 9.45. The molecular weight excluding hydrogens is 386 g/mol. The van der Waals surface area contributed by atoms with Crippen LogP contribution in [0.1, 0.15) is 11.1 Å². The number of nitrogens with zero attached hydrogens (tertiary/aromatic N) is 4. The predicted octanol–water partition coefficient (Wildman–Crippen LogP) is 2.24. The number of methoxy groups -OCH3 is 1. The third kappa shape index (κ3) is 3.49. The number of anilines is 2. The zero-order valence-corrected chi connectivity index (χ0v) is 16.8. The molecule has 1 saturated heterocycles. The van der Waals surface area contributed by atoms with Crippen LogP contribution in [0.4, 0.5) is 11.4 Å². The molecule has 0 spiro atoms. The van der Waals surface area contributed by atoms with Crippen LogP contribution in [0.2, 0.25) is 0 Å². The Bertz CT molecular complexity index is 1030. The highest BCUT2D eigenvalue weighted by Crippen LogP contribution is 2.32. The van der Waals surface area contributed by atoms with Crippen molar-refractivity contribution < 1.29 is 19.1 Å². The van der Waals surface area contributed by atoms with Crippen LogP contribution in [0, 0.1) is 13.8 Å². The molecule has 0 saturated carbocycles. The number of fused-ring (bicyclic) bond motifs is 1. The Balaban J connectivity index is 1.48. The van der Waals surface area contributed by atoms with Gasteiger partial charge in [-0.2, -0.15) is 5.11 Å². The number of amides is 3. The molecule has 154 valence electrons. The van der Waals surface area contributed by atoms with E-state index in [1.165, 1.54) is 12.1 Å². The number of imide groups is 1. The zero-order chi connectivity index (χ0) is 21.4. The lowest BCUT2D eigenvalue weighted by Crippen LogP contribution is -2.43. The first kappa shape index (κ1) is 19.6. The van der Waals surface area contributed by atoms with Crippen LogP contribution >= 0.6 is 0 Å². The number of nitrogens with one attached hydrogen (secondary N) is 1. The topological polar surface area (TPSA) is 104 Å². The Hall–Kier alpha value is -3.75. The molecule has 2 atom stereocenters. The summed E-state index contributed by atoms with van der Waals surface area (Å²) in [5, 5.41) is 11.9. The average Bonchev–Trinajstić information content (AvgIpc) is 3.21. The highest BCUT2D eigenvalue weighted by atomic mass is 16.5. The number of benzene rings is 2. The van der Waals surface area contributed by atoms with E-state index in [1.54, 1.807) is 24.3 Å². The van der Waals surface area contributed by atoms with Crippen molar-refractivity contribution in [3.8, 4) is 5.75 Å². The van der Waals surface area contributed by atoms with Gasteiger partial charge in [0, 0.05) is 5.69 Å². The van der Waals surface area contributed by atoms with Crippen molar-refractivity contribution in [3.63, 3.8) is 0 Å². The molecule has 1 fully saturated rings. The van der Waals surface area contributed by atoms with Crippen LogP contribution in [0.25, 0.3) is 0 Å². The molecule has 2 aromatic carbocycles. The van der Waals surface area contributed by atoms with Gasteiger partial charge < -0.3 is 10.1 Å². The van der Waals surface area contributed by atoms with E-state index in [4.69, 9.17) is 4.74 Å². The molecule has 9 nitrogen and oxygen atoms in total. The molecule has 0 radical (unpaired) electrons. The quantitative estimate of drug-likeness (QED) is 0.766. The molecule has 2 unspecified atom stereocenters. The molecule has 0 bridgehead atoms. The van der Waals surface area contributed by atoms with E-state index in [2.05, 4.69) is 15.7 Å². The smallest absolute Gasteiger partial charge is 0.263 e. The first-order chi connectivity index (χ1) is 14.4. The fourth-order valence-electron chi connectivity index (χ4n) is 3.73. The summed E-state index contributed by atoms with van der Waals surface area (Å²) < 4.78 is 5.11. The average molecular weight is 407 g/mol. The Morgan fingerprint density at radius 1 is 1.07 bits per heavy atom. The minimum Gasteiger partial charge on any atom is -0.497 e. The molecule has 0 aromatic heterocycles. The Morgan fingerprint density at radius 3 is 2.37 bits per heavy atom. The fourth-order valence-corrected chi connectivity index (χ4v) is 3.73. The third-order valence-corrected chi connectivity index (χ3v) is 5.00. The number of carbonyl (C=O) groups is 3. The van der Waals surface area contributed by atoms with E-state index < -0.39 is 23.9 Å². The summed E-state index contributed by atoms with van der Waals surface area (Å²) in [5.41, 5.74) is 3.14. The summed E-state index contributed by atoms with van der Waals surface area (Å²) in [6, 6.07) is 10.4. The normalized spacial score (nSPS) is 20.0. The van der Waals surface area contributed by atoms with Crippen molar-refractivity contribution in [3.05, 3.63) is 53.6 Å². The molecule has 0 aliphatic carbocycles. The van der Waals surface area contributed by atoms with Gasteiger partial charge in [-0.15, -0.1) is 0 Å². The largest absolute Gasteiger partial charge is 0.497 e. The Labute approximate surface area is 173 Å². The highest BCUT2D eigenvalue weighted by molar-refractivity contribution is 6.25. The van der Waals surface area contributed by atoms with Crippen molar-refractivity contribution in [1.82, 2.24) is 5.01 Å². The van der Waals surface area contributed by atoms with E-state index in [0.29, 0.717) is 17.1 Å². The summed E-state index contributed by atoms with van der Waals surface area (Å²) in [6.45, 7) is 3.70. The van der Waals surface area contributed by atoms with Crippen LogP contribution in [0.15, 0.2) is 52.8 Å². The second kappa shape index (κ2) is 7.58. The predicted molar refractivity (Wildman–Crippen MR) is 109 cm³/mol. The minimum atomic E-state index is -0.950. The highest BCUT2D eigenvalue weighted by Gasteiger charge is 2.55. The third-order valence-electron chi connectivity index (χ3n) is 5.00. The van der Waals surface area contributed by atoms with Gasteiger partial charge in [0.2, 0.25) is 5.91 Å². The number of ether oxygens (including phenoxy) is 1. The van der Waals surface area contributed by atoms with Gasteiger partial charge in [0.15, 0.2) is 12.1 Å². The van der Waals surface area contributed by atoms with Crippen LogP contribution in [-0.4, -0.2) is 48.5 Å². The summed E-state index contributed by atoms with van der Waals surface area (Å²) in [5.74, 6) is -0.652. The van der Waals surface area contributed by atoms with Crippen LogP contribution in [0.3, 0.4) is 0 Å². The van der Waals surface area contributed by atoms with Gasteiger partial charge in [-0.05, 0) is 61.4 Å². The molecule has 4 rings (SSSR count). The van der Waals surface area contributed by atoms with Gasteiger partial charge in [-0.25, -0.2) is 4.90 Å². The van der Waals surface area contributed by atoms with Crippen molar-refractivity contribution in [2.75, 3.05) is 23.9 Å². The molecular formula is C21H21N5O4. The number of aryl methyl sites for hydroxylation is 2. The maximum absolute atomic E-state index is 13.0. The van der Waals surface area contributed by atoms with E-state index in [-0.39, 0.29) is 12.5 Å². The summed E-state index contributed by atoms with van der Waals surface area (Å²) in [7, 11) is 1.53. The van der Waals surface area contributed by atoms with E-state index >= 15 is 0 Å². The standard InChI is InChI=1S/C21H21N5O4/c1-12-8-13(2)10-14(9-12)22-17(27)11-25-19-18(23-24-25)20(28)26(21(19)29)15-4-6-16(30-3)7-5-15/h4-10,18-19H,11H2,1-3H3,(H,22,27). The van der Waals surface area contributed by atoms with Crippen molar-refractivity contribution in [1.29, 1.82) is 0 Å². The molecule has 2 aliphatic heterocycles. The molecule has 2 aromatic rings. The van der Waals surface area contributed by atoms with Crippen molar-refractivity contribution in [2.45, 2.75) is 25.9 Å². The molecule has 2 aliphatic rings. The zero-order valence-electron chi connectivity index (χ0n) is 16.8. The van der Waals surface area contributed by atoms with Crippen molar-refractivity contribution in [2.24, 2.45) is 10.3 Å². The van der Waals surface area contributed by atoms with Gasteiger partial charge in [-0.1, -0.05) is 11.3 Å². The molecule has 2 heterocycles. The lowest BCUT2D eigenvalue weighted by Gasteiger charge is -2.20. The molecule has 30 heavy (non-hydrogen) atoms. The Kier molecular flexibility index (Phi) is 4.94. The minimum absolute atomic E-state index is 0.187. The maximum Gasteiger partial charge on any atom is 0.263 e. The maximum atomic E-state index is 13.0. The summed E-state index contributed by atoms with van der Waals surface area (Å²) >= 11 is 0. The van der Waals surface area contributed by atoms with E-state index in [9.17, 15) is 14.4 Å². The SMILES string of the molecule is COc1ccc(N2C(=O)C3N=NN(CC(=O)Nc4cc(C)cc(C)c4)C3C2=O)cc1. The van der Waals surface area contributed by atoms with Gasteiger partial charge in [0.1, 0.15) is 12.3 Å². The number of carbonyl (C=O) groups excluding carboxylic acids is 3. The molecule has 3 amide bonds. The van der Waals surface area contributed by atoms with Crippen LogP contribution < -0.4 is 15.0 Å². The first-order valence-corrected chi connectivity index (χ1v) is 9.45. The molecule has 9 heteroatoms. The molecule has 1 N–H and O–H groups in total. The second-order valence-electron chi connectivity index (χ2n) is 7.33. The fraction of sp³-hybridized carbons (Fsp3) is 0.286. The lowest BCUT2D eigenvalue weighted by atomic mass is 10.1. The second-order valence-corrected chi connectivity index (χ2v) is 7.33. The lowest BCUT2D eigenvalue weighted by molar-refractivity contribution is -0.123. The Morgan fingerprint density at radius 2 is 1.73 bits per heavy atom. The van der Waals surface area contributed by atoms with E-state index in [1.807, 2.05) is 32.0 Å². The van der Waals surface area contributed by atoms with Crippen LogP contribution in [0.5, 0.6) is 5.75 Å². The van der Waals surface area contributed by atoms with Gasteiger partial charge in [0.05, 0.1) is 12.8 Å². The number of rotatable bonds is 5. The summed E-state index contributed by atoms with van der Waals surface area (Å²) in [4.78, 5) is 39.3. The number of hydrogen-bond donors (Lipinski definition) is 1. The monoisotopic (exact) mass is 407 g/mol. The van der Waals surface area contributed by atoms with E-state index in [0.717, 1.165) is 16.0 Å². The van der Waals surface area contributed by atoms with Crippen LogP contribution in [-0.2, 0) is 14.4 Å². The van der Waals surface area contributed by atoms with Crippen molar-refractivity contribution >= 4 is 29.1 Å².